The van der Waals surface area contributed by atoms with Gasteiger partial charge in [0.25, 0.3) is 0 Å². The van der Waals surface area contributed by atoms with Gasteiger partial charge in [-0.05, 0) is 45.8 Å². The number of halogens is 2. The zero-order valence-corrected chi connectivity index (χ0v) is 8.37. The van der Waals surface area contributed by atoms with E-state index < -0.39 is 0 Å². The van der Waals surface area contributed by atoms with Crippen LogP contribution < -0.4 is 0 Å². The first kappa shape index (κ1) is 9.28. The summed E-state index contributed by atoms with van der Waals surface area (Å²) in [4.78, 5) is 0. The van der Waals surface area contributed by atoms with Crippen LogP contribution in [0.1, 0.15) is 0 Å². The van der Waals surface area contributed by atoms with Crippen LogP contribution in [0.15, 0.2) is 48.5 Å². The molecule has 0 amide bonds. The lowest BCUT2D eigenvalue weighted by Crippen LogP contribution is -1.81. The van der Waals surface area contributed by atoms with Gasteiger partial charge < -0.3 is 0 Å². The van der Waals surface area contributed by atoms with Crippen molar-refractivity contribution < 1.29 is 8.78 Å². The molecule has 0 bridgehead atoms. The molecule has 0 heterocycles. The first-order chi connectivity index (χ1) is 7.74. The quantitative estimate of drug-likeness (QED) is 0.490. The first-order valence-corrected chi connectivity index (χ1v) is 5.01. The Balaban J connectivity index is 2.55. The monoisotopic (exact) mass is 214 g/mol. The molecule has 16 heavy (non-hydrogen) atoms. The van der Waals surface area contributed by atoms with Crippen molar-refractivity contribution in [2.24, 2.45) is 0 Å². The summed E-state index contributed by atoms with van der Waals surface area (Å²) in [5, 5.41) is 3.33. The minimum Gasteiger partial charge on any atom is -0.207 e. The van der Waals surface area contributed by atoms with Gasteiger partial charge in [-0.15, -0.1) is 0 Å². The normalized spacial score (nSPS) is 11.1. The lowest BCUT2D eigenvalue weighted by atomic mass is 10.0. The van der Waals surface area contributed by atoms with E-state index in [-0.39, 0.29) is 11.6 Å². The summed E-state index contributed by atoms with van der Waals surface area (Å²) in [6.45, 7) is 0. The molecular weight excluding hydrogens is 206 g/mol. The lowest BCUT2D eigenvalue weighted by molar-refractivity contribution is 0.628. The standard InChI is InChI=1S/C14H8F2/c15-11-5-3-9-1-2-10-4-6-12(16)8-14(10)13(9)7-11/h1-8H. The minimum atomic E-state index is -0.302. The van der Waals surface area contributed by atoms with Crippen LogP contribution in [0.25, 0.3) is 21.5 Å². The second-order valence-electron chi connectivity index (χ2n) is 3.80. The van der Waals surface area contributed by atoms with Gasteiger partial charge in [-0.1, -0.05) is 24.3 Å². The van der Waals surface area contributed by atoms with Crippen molar-refractivity contribution in [1.29, 1.82) is 0 Å². The molecule has 0 N–H and O–H groups in total. The summed E-state index contributed by atoms with van der Waals surface area (Å²) in [6, 6.07) is 12.9. The highest BCUT2D eigenvalue weighted by atomic mass is 19.1. The summed E-state index contributed by atoms with van der Waals surface area (Å²) in [6.07, 6.45) is 0. The van der Waals surface area contributed by atoms with E-state index in [9.17, 15) is 8.78 Å². The Labute approximate surface area is 91.1 Å². The van der Waals surface area contributed by atoms with Crippen LogP contribution in [0.4, 0.5) is 8.78 Å². The molecule has 0 unspecified atom stereocenters. The smallest absolute Gasteiger partial charge is 0.123 e. The van der Waals surface area contributed by atoms with Crippen LogP contribution in [0, 0.1) is 11.6 Å². The molecule has 3 aromatic rings. The Morgan fingerprint density at radius 3 is 1.38 bits per heavy atom. The SMILES string of the molecule is Fc1ccc2ccc3ccc(F)cc3c2c1. The minimum absolute atomic E-state index is 0.302. The van der Waals surface area contributed by atoms with Gasteiger partial charge in [0.05, 0.1) is 0 Å². The summed E-state index contributed by atoms with van der Waals surface area (Å²) in [5.74, 6) is -0.603. The summed E-state index contributed by atoms with van der Waals surface area (Å²) >= 11 is 0. The van der Waals surface area contributed by atoms with Gasteiger partial charge in [-0.2, -0.15) is 0 Å². The fourth-order valence-corrected chi connectivity index (χ4v) is 1.99. The van der Waals surface area contributed by atoms with Gasteiger partial charge >= 0.3 is 0 Å². The average Bonchev–Trinajstić information content (AvgIpc) is 2.29. The van der Waals surface area contributed by atoms with E-state index in [1.807, 2.05) is 12.1 Å². The van der Waals surface area contributed by atoms with E-state index in [1.54, 1.807) is 12.1 Å². The first-order valence-electron chi connectivity index (χ1n) is 5.01. The van der Waals surface area contributed by atoms with E-state index in [2.05, 4.69) is 0 Å². The molecule has 0 nitrogen and oxygen atoms in total. The Bertz CT molecular complexity index is 626. The highest BCUT2D eigenvalue weighted by Gasteiger charge is 2.02. The Morgan fingerprint density at radius 2 is 0.938 bits per heavy atom. The van der Waals surface area contributed by atoms with Crippen LogP contribution in [0.5, 0.6) is 0 Å². The van der Waals surface area contributed by atoms with E-state index in [0.29, 0.717) is 0 Å². The van der Waals surface area contributed by atoms with Gasteiger partial charge in [0.15, 0.2) is 0 Å². The Hall–Kier alpha value is -1.96. The molecule has 0 radical (unpaired) electrons. The van der Waals surface area contributed by atoms with Gasteiger partial charge in [0.1, 0.15) is 11.6 Å². The number of hydrogen-bond acceptors (Lipinski definition) is 0. The predicted molar refractivity (Wildman–Crippen MR) is 61.4 cm³/mol. The van der Waals surface area contributed by atoms with Crippen molar-refractivity contribution in [3.63, 3.8) is 0 Å². The van der Waals surface area contributed by atoms with Crippen LogP contribution in [-0.2, 0) is 0 Å². The molecule has 0 saturated heterocycles. The second kappa shape index (κ2) is 3.27. The average molecular weight is 214 g/mol. The van der Waals surface area contributed by atoms with Crippen molar-refractivity contribution in [3.8, 4) is 0 Å². The van der Waals surface area contributed by atoms with Crippen LogP contribution in [0.2, 0.25) is 0 Å². The summed E-state index contributed by atoms with van der Waals surface area (Å²) in [5.41, 5.74) is 0. The second-order valence-corrected chi connectivity index (χ2v) is 3.80. The highest BCUT2D eigenvalue weighted by molar-refractivity contribution is 6.07. The number of fused-ring (bicyclic) bond motifs is 3. The third-order valence-electron chi connectivity index (χ3n) is 2.76. The number of rotatable bonds is 0. The molecule has 0 aromatic heterocycles. The molecule has 0 aliphatic rings. The van der Waals surface area contributed by atoms with Gasteiger partial charge in [0, 0.05) is 0 Å². The maximum atomic E-state index is 13.2. The summed E-state index contributed by atoms with van der Waals surface area (Å²) < 4.78 is 26.3. The van der Waals surface area contributed by atoms with E-state index in [0.717, 1.165) is 21.5 Å². The molecule has 0 aliphatic carbocycles. The number of hydrogen-bond donors (Lipinski definition) is 0. The van der Waals surface area contributed by atoms with Crippen LogP contribution in [-0.4, -0.2) is 0 Å². The highest BCUT2D eigenvalue weighted by Crippen LogP contribution is 2.26. The molecule has 0 aliphatic heterocycles. The maximum Gasteiger partial charge on any atom is 0.123 e. The van der Waals surface area contributed by atoms with Gasteiger partial charge in [-0.3, -0.25) is 0 Å². The number of benzene rings is 3. The molecule has 3 aromatic carbocycles. The Morgan fingerprint density at radius 1 is 0.562 bits per heavy atom. The van der Waals surface area contributed by atoms with Crippen molar-refractivity contribution in [2.45, 2.75) is 0 Å². The van der Waals surface area contributed by atoms with Crippen molar-refractivity contribution in [2.75, 3.05) is 0 Å². The fraction of sp³-hybridized carbons (Fsp3) is 0. The van der Waals surface area contributed by atoms with E-state index in [4.69, 9.17) is 0 Å². The summed E-state index contributed by atoms with van der Waals surface area (Å²) in [7, 11) is 0. The van der Waals surface area contributed by atoms with Crippen LogP contribution in [0.3, 0.4) is 0 Å². The van der Waals surface area contributed by atoms with Crippen LogP contribution >= 0.6 is 0 Å². The lowest BCUT2D eigenvalue weighted by Gasteiger charge is -2.04. The van der Waals surface area contributed by atoms with Gasteiger partial charge in [-0.25, -0.2) is 8.78 Å². The zero-order chi connectivity index (χ0) is 11.1. The largest absolute Gasteiger partial charge is 0.207 e. The maximum absolute atomic E-state index is 13.2. The molecule has 0 atom stereocenters. The van der Waals surface area contributed by atoms with E-state index in [1.165, 1.54) is 24.3 Å². The molecule has 0 spiro atoms. The molecular formula is C14H8F2. The fourth-order valence-electron chi connectivity index (χ4n) is 1.99. The van der Waals surface area contributed by atoms with Crippen molar-refractivity contribution in [1.82, 2.24) is 0 Å². The molecule has 3 rings (SSSR count). The van der Waals surface area contributed by atoms with E-state index >= 15 is 0 Å². The Kier molecular flexibility index (Phi) is 1.90. The molecule has 0 fully saturated rings. The topological polar surface area (TPSA) is 0 Å². The predicted octanol–water partition coefficient (Wildman–Crippen LogP) is 4.27. The molecule has 0 saturated carbocycles. The molecule has 78 valence electrons. The third kappa shape index (κ3) is 1.34. The zero-order valence-electron chi connectivity index (χ0n) is 8.37. The van der Waals surface area contributed by atoms with Gasteiger partial charge in [0.2, 0.25) is 0 Å². The van der Waals surface area contributed by atoms with Crippen molar-refractivity contribution in [3.05, 3.63) is 60.2 Å². The molecule has 2 heteroatoms. The third-order valence-corrected chi connectivity index (χ3v) is 2.76. The van der Waals surface area contributed by atoms with Crippen molar-refractivity contribution >= 4 is 21.5 Å².